The van der Waals surface area contributed by atoms with E-state index in [1.807, 2.05) is 19.1 Å². The van der Waals surface area contributed by atoms with Crippen molar-refractivity contribution in [1.82, 2.24) is 0 Å². The molecule has 0 aliphatic rings. The van der Waals surface area contributed by atoms with Gasteiger partial charge in [-0.3, -0.25) is 0 Å². The first-order valence-corrected chi connectivity index (χ1v) is 7.37. The Morgan fingerprint density at radius 1 is 1.25 bits per heavy atom. The van der Waals surface area contributed by atoms with Gasteiger partial charge in [0, 0.05) is 6.42 Å². The molecule has 3 nitrogen and oxygen atoms in total. The van der Waals surface area contributed by atoms with Gasteiger partial charge in [0.05, 0.1) is 3.57 Å². The first-order valence-electron chi connectivity index (χ1n) is 6.29. The molecule has 0 saturated carbocycles. The second-order valence-corrected chi connectivity index (χ2v) is 5.69. The number of hydrogen-bond acceptors (Lipinski definition) is 3. The molecule has 104 valence electrons. The van der Waals surface area contributed by atoms with E-state index in [1.165, 1.54) is 0 Å². The van der Waals surface area contributed by atoms with Crippen molar-refractivity contribution in [3.63, 3.8) is 0 Å². The van der Waals surface area contributed by atoms with E-state index in [2.05, 4.69) is 22.6 Å². The number of aryl methyl sites for hydroxylation is 2. The molecule has 0 aliphatic heterocycles. The van der Waals surface area contributed by atoms with E-state index in [0.29, 0.717) is 12.2 Å². The summed E-state index contributed by atoms with van der Waals surface area (Å²) in [7, 11) is 0. The van der Waals surface area contributed by atoms with Gasteiger partial charge in [-0.15, -0.1) is 0 Å². The fraction of sp³-hybridized carbons (Fsp3) is 0.188. The van der Waals surface area contributed by atoms with E-state index in [4.69, 9.17) is 4.74 Å². The summed E-state index contributed by atoms with van der Waals surface area (Å²) >= 11 is 2.23. The largest absolute Gasteiger partial charge is 0.508 e. The minimum atomic E-state index is 0.216. The van der Waals surface area contributed by atoms with Crippen LogP contribution in [0.15, 0.2) is 36.4 Å². The number of hydrogen-bond donors (Lipinski definition) is 1. The summed E-state index contributed by atoms with van der Waals surface area (Å²) in [6, 6.07) is 10.7. The molecule has 0 radical (unpaired) electrons. The van der Waals surface area contributed by atoms with Crippen LogP contribution >= 0.6 is 22.6 Å². The van der Waals surface area contributed by atoms with Crippen molar-refractivity contribution in [3.05, 3.63) is 51.1 Å². The molecule has 0 saturated heterocycles. The van der Waals surface area contributed by atoms with Gasteiger partial charge in [0.2, 0.25) is 0 Å². The SMILES string of the molecule is Cc1cc(CCC=O)cc(I)c1Oc1ccc(O)cc1. The minimum absolute atomic E-state index is 0.216. The van der Waals surface area contributed by atoms with Crippen LogP contribution in [0.3, 0.4) is 0 Å². The van der Waals surface area contributed by atoms with Crippen molar-refractivity contribution in [2.24, 2.45) is 0 Å². The quantitative estimate of drug-likeness (QED) is 0.622. The van der Waals surface area contributed by atoms with Crippen LogP contribution in [0, 0.1) is 10.5 Å². The van der Waals surface area contributed by atoms with Gasteiger partial charge >= 0.3 is 0 Å². The summed E-state index contributed by atoms with van der Waals surface area (Å²) in [6.07, 6.45) is 2.22. The standard InChI is InChI=1S/C16H15IO3/c1-11-9-12(3-2-8-18)10-15(17)16(11)20-14-6-4-13(19)5-7-14/h4-10,19H,2-3H2,1H3. The van der Waals surface area contributed by atoms with E-state index in [1.54, 1.807) is 24.3 Å². The topological polar surface area (TPSA) is 46.5 Å². The van der Waals surface area contributed by atoms with Gasteiger partial charge in [-0.2, -0.15) is 0 Å². The van der Waals surface area contributed by atoms with Gasteiger partial charge in [-0.1, -0.05) is 6.07 Å². The number of ether oxygens (including phenoxy) is 1. The summed E-state index contributed by atoms with van der Waals surface area (Å²) < 4.78 is 6.88. The number of benzene rings is 2. The molecule has 0 bridgehead atoms. The lowest BCUT2D eigenvalue weighted by molar-refractivity contribution is -0.107. The smallest absolute Gasteiger partial charge is 0.143 e. The monoisotopic (exact) mass is 382 g/mol. The fourth-order valence-electron chi connectivity index (χ4n) is 1.93. The predicted octanol–water partition coefficient (Wildman–Crippen LogP) is 4.23. The maximum Gasteiger partial charge on any atom is 0.143 e. The highest BCUT2D eigenvalue weighted by Gasteiger charge is 2.09. The molecule has 2 aromatic rings. The Kier molecular flexibility index (Phi) is 5.00. The first-order chi connectivity index (χ1) is 9.60. The van der Waals surface area contributed by atoms with Crippen LogP contribution in [0.1, 0.15) is 17.5 Å². The van der Waals surface area contributed by atoms with Gasteiger partial charge in [0.15, 0.2) is 0 Å². The molecular weight excluding hydrogens is 367 g/mol. The molecule has 20 heavy (non-hydrogen) atoms. The second-order valence-electron chi connectivity index (χ2n) is 4.52. The molecule has 0 aliphatic carbocycles. The molecule has 4 heteroatoms. The summed E-state index contributed by atoms with van der Waals surface area (Å²) in [4.78, 5) is 10.4. The van der Waals surface area contributed by atoms with Gasteiger partial charge in [0.25, 0.3) is 0 Å². The lowest BCUT2D eigenvalue weighted by Crippen LogP contribution is -1.95. The van der Waals surface area contributed by atoms with Crippen LogP contribution in [0.25, 0.3) is 0 Å². The number of phenolic OH excluding ortho intramolecular Hbond substituents is 1. The van der Waals surface area contributed by atoms with E-state index in [-0.39, 0.29) is 5.75 Å². The van der Waals surface area contributed by atoms with E-state index < -0.39 is 0 Å². The normalized spacial score (nSPS) is 10.3. The number of halogens is 1. The number of aldehydes is 1. The van der Waals surface area contributed by atoms with Crippen LogP contribution in [0.4, 0.5) is 0 Å². The van der Waals surface area contributed by atoms with E-state index in [9.17, 15) is 9.90 Å². The molecular formula is C16H15IO3. The Balaban J connectivity index is 2.23. The minimum Gasteiger partial charge on any atom is -0.508 e. The van der Waals surface area contributed by atoms with Crippen molar-refractivity contribution < 1.29 is 14.6 Å². The molecule has 0 atom stereocenters. The number of aromatic hydroxyl groups is 1. The zero-order chi connectivity index (χ0) is 14.5. The first kappa shape index (κ1) is 14.8. The van der Waals surface area contributed by atoms with Crippen LogP contribution < -0.4 is 4.74 Å². The number of carbonyl (C=O) groups is 1. The molecule has 0 fully saturated rings. The Bertz CT molecular complexity index is 583. The maximum absolute atomic E-state index is 10.4. The third-order valence-electron chi connectivity index (χ3n) is 2.90. The van der Waals surface area contributed by atoms with Crippen LogP contribution in [-0.4, -0.2) is 11.4 Å². The fourth-order valence-corrected chi connectivity index (χ4v) is 2.87. The Hall–Kier alpha value is -1.56. The molecule has 0 unspecified atom stereocenters. The van der Waals surface area contributed by atoms with Gasteiger partial charge in [-0.05, 0) is 77.4 Å². The molecule has 0 amide bonds. The predicted molar refractivity (Wildman–Crippen MR) is 86.5 cm³/mol. The molecule has 0 spiro atoms. The van der Waals surface area contributed by atoms with Crippen molar-refractivity contribution in [3.8, 4) is 17.2 Å². The van der Waals surface area contributed by atoms with Crippen molar-refractivity contribution in [2.75, 3.05) is 0 Å². The van der Waals surface area contributed by atoms with Gasteiger partial charge in [0.1, 0.15) is 23.5 Å². The number of rotatable bonds is 5. The van der Waals surface area contributed by atoms with Gasteiger partial charge < -0.3 is 14.6 Å². The molecule has 2 rings (SSSR count). The second kappa shape index (κ2) is 6.74. The van der Waals surface area contributed by atoms with Crippen molar-refractivity contribution in [2.45, 2.75) is 19.8 Å². The Labute approximate surface area is 131 Å². The van der Waals surface area contributed by atoms with E-state index in [0.717, 1.165) is 33.2 Å². The van der Waals surface area contributed by atoms with Crippen LogP contribution in [-0.2, 0) is 11.2 Å². The zero-order valence-electron chi connectivity index (χ0n) is 11.1. The summed E-state index contributed by atoms with van der Waals surface area (Å²) in [5.74, 6) is 1.71. The average molecular weight is 382 g/mol. The summed E-state index contributed by atoms with van der Waals surface area (Å²) in [5.41, 5.74) is 2.17. The molecule has 0 heterocycles. The maximum atomic E-state index is 10.4. The lowest BCUT2D eigenvalue weighted by Gasteiger charge is -2.12. The number of phenols is 1. The summed E-state index contributed by atoms with van der Waals surface area (Å²) in [6.45, 7) is 1.99. The zero-order valence-corrected chi connectivity index (χ0v) is 13.3. The van der Waals surface area contributed by atoms with E-state index >= 15 is 0 Å². The third kappa shape index (κ3) is 3.72. The highest BCUT2D eigenvalue weighted by Crippen LogP contribution is 2.32. The highest BCUT2D eigenvalue weighted by molar-refractivity contribution is 14.1. The summed E-state index contributed by atoms with van der Waals surface area (Å²) in [5, 5.41) is 9.27. The van der Waals surface area contributed by atoms with Crippen molar-refractivity contribution >= 4 is 28.9 Å². The van der Waals surface area contributed by atoms with Crippen LogP contribution in [0.5, 0.6) is 17.2 Å². The third-order valence-corrected chi connectivity index (χ3v) is 3.70. The Morgan fingerprint density at radius 3 is 2.55 bits per heavy atom. The van der Waals surface area contributed by atoms with Gasteiger partial charge in [-0.25, -0.2) is 0 Å². The average Bonchev–Trinajstić information content (AvgIpc) is 2.42. The highest BCUT2D eigenvalue weighted by atomic mass is 127. The molecule has 1 N–H and O–H groups in total. The molecule has 2 aromatic carbocycles. The number of carbonyl (C=O) groups excluding carboxylic acids is 1. The van der Waals surface area contributed by atoms with Crippen molar-refractivity contribution in [1.29, 1.82) is 0 Å². The van der Waals surface area contributed by atoms with Crippen LogP contribution in [0.2, 0.25) is 0 Å². The molecule has 0 aromatic heterocycles. The lowest BCUT2D eigenvalue weighted by atomic mass is 10.1. The Morgan fingerprint density at radius 2 is 1.95 bits per heavy atom.